The Labute approximate surface area is 136 Å². The van der Waals surface area contributed by atoms with Gasteiger partial charge in [-0.3, -0.25) is 0 Å². The highest BCUT2D eigenvalue weighted by molar-refractivity contribution is 9.10. The molecule has 1 atom stereocenters. The molecule has 0 saturated heterocycles. The summed E-state index contributed by atoms with van der Waals surface area (Å²) in [6.45, 7) is 5.51. The van der Waals surface area contributed by atoms with Gasteiger partial charge in [0.2, 0.25) is 0 Å². The monoisotopic (exact) mass is 358 g/mol. The number of ether oxygens (including phenoxy) is 2. The minimum atomic E-state index is 0.296. The number of methoxy groups -OCH3 is 2. The highest BCUT2D eigenvalue weighted by Gasteiger charge is 2.15. The van der Waals surface area contributed by atoms with Crippen molar-refractivity contribution in [2.75, 3.05) is 52.5 Å². The molecule has 0 radical (unpaired) electrons. The molecule has 0 amide bonds. The first-order chi connectivity index (χ1) is 10.1. The number of rotatable bonds is 10. The summed E-state index contributed by atoms with van der Waals surface area (Å²) in [5.41, 5.74) is 2.55. The van der Waals surface area contributed by atoms with E-state index >= 15 is 0 Å². The summed E-state index contributed by atoms with van der Waals surface area (Å²) in [5, 5.41) is 3.32. The molecule has 1 aromatic carbocycles. The fourth-order valence-corrected chi connectivity index (χ4v) is 2.65. The Morgan fingerprint density at radius 3 is 2.52 bits per heavy atom. The zero-order chi connectivity index (χ0) is 15.7. The van der Waals surface area contributed by atoms with E-state index in [-0.39, 0.29) is 0 Å². The van der Waals surface area contributed by atoms with Crippen LogP contribution in [-0.2, 0) is 9.47 Å². The lowest BCUT2D eigenvalue weighted by Gasteiger charge is -2.29. The van der Waals surface area contributed by atoms with Crippen LogP contribution in [0.2, 0.25) is 0 Å². The second-order valence-electron chi connectivity index (χ2n) is 5.04. The molecule has 1 unspecified atom stereocenters. The topological polar surface area (TPSA) is 33.7 Å². The molecule has 120 valence electrons. The average Bonchev–Trinajstić information content (AvgIpc) is 2.50. The molecule has 1 aromatic rings. The Bertz CT molecular complexity index is 415. The van der Waals surface area contributed by atoms with Gasteiger partial charge in [0.25, 0.3) is 0 Å². The van der Waals surface area contributed by atoms with Crippen LogP contribution < -0.4 is 10.2 Å². The third-order valence-corrected chi connectivity index (χ3v) is 4.06. The third kappa shape index (κ3) is 5.94. The zero-order valence-electron chi connectivity index (χ0n) is 13.5. The van der Waals surface area contributed by atoms with Gasteiger partial charge in [0, 0.05) is 50.1 Å². The van der Waals surface area contributed by atoms with Crippen molar-refractivity contribution in [3.05, 3.63) is 28.2 Å². The second kappa shape index (κ2) is 10.2. The summed E-state index contributed by atoms with van der Waals surface area (Å²) in [6.07, 6.45) is 1.00. The number of hydrogen-bond acceptors (Lipinski definition) is 4. The van der Waals surface area contributed by atoms with E-state index in [4.69, 9.17) is 9.47 Å². The van der Waals surface area contributed by atoms with E-state index in [2.05, 4.69) is 51.3 Å². The normalized spacial score (nSPS) is 12.4. The Kier molecular flexibility index (Phi) is 8.92. The molecule has 0 aliphatic carbocycles. The van der Waals surface area contributed by atoms with Crippen molar-refractivity contribution in [3.63, 3.8) is 0 Å². The molecule has 0 heterocycles. The van der Waals surface area contributed by atoms with Gasteiger partial charge in [-0.1, -0.05) is 15.9 Å². The van der Waals surface area contributed by atoms with Gasteiger partial charge < -0.3 is 19.7 Å². The van der Waals surface area contributed by atoms with Crippen molar-refractivity contribution >= 4 is 21.6 Å². The molecule has 1 N–H and O–H groups in total. The lowest BCUT2D eigenvalue weighted by Crippen LogP contribution is -2.31. The van der Waals surface area contributed by atoms with E-state index in [0.29, 0.717) is 6.04 Å². The van der Waals surface area contributed by atoms with Gasteiger partial charge in [0.15, 0.2) is 0 Å². The lowest BCUT2D eigenvalue weighted by atomic mass is 10.0. The molecule has 0 bridgehead atoms. The van der Waals surface area contributed by atoms with Gasteiger partial charge in [-0.15, -0.1) is 0 Å². The second-order valence-corrected chi connectivity index (χ2v) is 5.96. The predicted molar refractivity (Wildman–Crippen MR) is 92.2 cm³/mol. The number of hydrogen-bond donors (Lipinski definition) is 1. The standard InChI is InChI=1S/C16H27BrN2O2/c1-13(18-2)15-12-14(17)6-7-16(15)19(9-11-21-4)8-5-10-20-3/h6-7,12-13,18H,5,8-11H2,1-4H3. The van der Waals surface area contributed by atoms with Crippen molar-refractivity contribution in [2.24, 2.45) is 0 Å². The molecule has 0 aliphatic rings. The van der Waals surface area contributed by atoms with Crippen LogP contribution in [0.15, 0.2) is 22.7 Å². The van der Waals surface area contributed by atoms with E-state index in [1.54, 1.807) is 14.2 Å². The molecular formula is C16H27BrN2O2. The van der Waals surface area contributed by atoms with Crippen LogP contribution in [0.3, 0.4) is 0 Å². The molecule has 5 heteroatoms. The number of benzene rings is 1. The first-order valence-corrected chi connectivity index (χ1v) is 8.12. The summed E-state index contributed by atoms with van der Waals surface area (Å²) in [5.74, 6) is 0. The molecule has 4 nitrogen and oxygen atoms in total. The van der Waals surface area contributed by atoms with Crippen LogP contribution >= 0.6 is 15.9 Å². The number of nitrogens with one attached hydrogen (secondary N) is 1. The van der Waals surface area contributed by atoms with Crippen molar-refractivity contribution in [1.82, 2.24) is 5.32 Å². The van der Waals surface area contributed by atoms with Crippen molar-refractivity contribution in [1.29, 1.82) is 0 Å². The minimum absolute atomic E-state index is 0.296. The van der Waals surface area contributed by atoms with E-state index in [0.717, 1.165) is 37.2 Å². The quantitative estimate of drug-likeness (QED) is 0.651. The molecule has 0 spiro atoms. The van der Waals surface area contributed by atoms with Crippen LogP contribution in [0.5, 0.6) is 0 Å². The Balaban J connectivity index is 2.98. The highest BCUT2D eigenvalue weighted by Crippen LogP contribution is 2.29. The van der Waals surface area contributed by atoms with Crippen molar-refractivity contribution in [2.45, 2.75) is 19.4 Å². The molecule has 0 saturated carbocycles. The third-order valence-electron chi connectivity index (χ3n) is 3.57. The van der Waals surface area contributed by atoms with Gasteiger partial charge in [-0.05, 0) is 44.2 Å². The number of anilines is 1. The molecule has 0 fully saturated rings. The smallest absolute Gasteiger partial charge is 0.0637 e. The van der Waals surface area contributed by atoms with E-state index < -0.39 is 0 Å². The van der Waals surface area contributed by atoms with E-state index in [1.165, 1.54) is 11.3 Å². The number of halogens is 1. The van der Waals surface area contributed by atoms with Crippen LogP contribution in [0, 0.1) is 0 Å². The lowest BCUT2D eigenvalue weighted by molar-refractivity contribution is 0.191. The van der Waals surface area contributed by atoms with Crippen molar-refractivity contribution in [3.8, 4) is 0 Å². The van der Waals surface area contributed by atoms with Gasteiger partial charge in [0.1, 0.15) is 0 Å². The zero-order valence-corrected chi connectivity index (χ0v) is 15.1. The fourth-order valence-electron chi connectivity index (χ4n) is 2.27. The summed E-state index contributed by atoms with van der Waals surface area (Å²) >= 11 is 3.57. The predicted octanol–water partition coefficient (Wildman–Crippen LogP) is 3.22. The van der Waals surface area contributed by atoms with Crippen LogP contribution in [0.4, 0.5) is 5.69 Å². The molecule has 0 aromatic heterocycles. The molecule has 0 aliphatic heterocycles. The summed E-state index contributed by atoms with van der Waals surface area (Å²) in [7, 11) is 5.47. The van der Waals surface area contributed by atoms with E-state index in [1.807, 2.05) is 7.05 Å². The molecular weight excluding hydrogens is 332 g/mol. The largest absolute Gasteiger partial charge is 0.385 e. The van der Waals surface area contributed by atoms with Crippen LogP contribution in [0.25, 0.3) is 0 Å². The van der Waals surface area contributed by atoms with E-state index in [9.17, 15) is 0 Å². The Morgan fingerprint density at radius 2 is 1.90 bits per heavy atom. The first-order valence-electron chi connectivity index (χ1n) is 7.33. The first kappa shape index (κ1) is 18.4. The van der Waals surface area contributed by atoms with Gasteiger partial charge in [-0.2, -0.15) is 0 Å². The minimum Gasteiger partial charge on any atom is -0.385 e. The summed E-state index contributed by atoms with van der Waals surface area (Å²) < 4.78 is 11.5. The maximum atomic E-state index is 5.25. The summed E-state index contributed by atoms with van der Waals surface area (Å²) in [6, 6.07) is 6.75. The molecule has 1 rings (SSSR count). The van der Waals surface area contributed by atoms with Crippen molar-refractivity contribution < 1.29 is 9.47 Å². The Morgan fingerprint density at radius 1 is 1.19 bits per heavy atom. The van der Waals surface area contributed by atoms with Gasteiger partial charge in [-0.25, -0.2) is 0 Å². The highest BCUT2D eigenvalue weighted by atomic mass is 79.9. The molecule has 21 heavy (non-hydrogen) atoms. The SMILES string of the molecule is CNC(C)c1cc(Br)ccc1N(CCCOC)CCOC. The van der Waals surface area contributed by atoms with Crippen LogP contribution in [0.1, 0.15) is 24.9 Å². The van der Waals surface area contributed by atoms with Gasteiger partial charge in [0.05, 0.1) is 6.61 Å². The Hall–Kier alpha value is -0.620. The summed E-state index contributed by atoms with van der Waals surface area (Å²) in [4.78, 5) is 2.37. The van der Waals surface area contributed by atoms with Crippen LogP contribution in [-0.4, -0.2) is 47.6 Å². The van der Waals surface area contributed by atoms with Gasteiger partial charge >= 0.3 is 0 Å². The number of nitrogens with zero attached hydrogens (tertiary/aromatic N) is 1. The fraction of sp³-hybridized carbons (Fsp3) is 0.625. The maximum absolute atomic E-state index is 5.25. The maximum Gasteiger partial charge on any atom is 0.0637 e. The average molecular weight is 359 g/mol.